The SMILES string of the molecule is COc1cccc(C2=NS(=O)(=O)NC2)c1. The van der Waals surface area contributed by atoms with Gasteiger partial charge in [0, 0.05) is 5.56 Å². The number of hydrogen-bond acceptors (Lipinski definition) is 3. The molecule has 0 saturated heterocycles. The van der Waals surface area contributed by atoms with Crippen LogP contribution in [0.15, 0.2) is 28.7 Å². The molecular weight excluding hydrogens is 216 g/mol. The first kappa shape index (κ1) is 10.1. The van der Waals surface area contributed by atoms with Gasteiger partial charge in [-0.2, -0.15) is 17.5 Å². The van der Waals surface area contributed by atoms with Crippen molar-refractivity contribution in [1.82, 2.24) is 4.72 Å². The fourth-order valence-corrected chi connectivity index (χ4v) is 2.17. The third-order valence-electron chi connectivity index (χ3n) is 2.06. The molecule has 15 heavy (non-hydrogen) atoms. The molecule has 0 radical (unpaired) electrons. The fraction of sp³-hybridized carbons (Fsp3) is 0.222. The first-order chi connectivity index (χ1) is 7.11. The lowest BCUT2D eigenvalue weighted by Gasteiger charge is -2.02. The van der Waals surface area contributed by atoms with Gasteiger partial charge in [-0.3, -0.25) is 0 Å². The molecule has 1 aliphatic heterocycles. The second-order valence-electron chi connectivity index (χ2n) is 3.07. The molecule has 0 saturated carbocycles. The van der Waals surface area contributed by atoms with E-state index in [1.54, 1.807) is 31.4 Å². The molecular formula is C9H10N2O3S. The molecule has 1 aliphatic rings. The molecule has 6 heteroatoms. The van der Waals surface area contributed by atoms with E-state index in [9.17, 15) is 8.42 Å². The summed E-state index contributed by atoms with van der Waals surface area (Å²) in [5, 5.41) is 0. The number of rotatable bonds is 2. The van der Waals surface area contributed by atoms with E-state index in [4.69, 9.17) is 4.74 Å². The van der Waals surface area contributed by atoms with Gasteiger partial charge < -0.3 is 4.74 Å². The number of benzene rings is 1. The van der Waals surface area contributed by atoms with E-state index in [2.05, 4.69) is 9.12 Å². The van der Waals surface area contributed by atoms with Gasteiger partial charge in [-0.1, -0.05) is 12.1 Å². The number of nitrogens with one attached hydrogen (secondary N) is 1. The molecule has 0 bridgehead atoms. The van der Waals surface area contributed by atoms with Crippen molar-refractivity contribution in [3.63, 3.8) is 0 Å². The molecule has 0 aromatic heterocycles. The molecule has 0 atom stereocenters. The quantitative estimate of drug-likeness (QED) is 0.790. The van der Waals surface area contributed by atoms with Crippen LogP contribution in [0.1, 0.15) is 5.56 Å². The van der Waals surface area contributed by atoms with Gasteiger partial charge in [-0.15, -0.1) is 0 Å². The Kier molecular flexibility index (Phi) is 2.45. The maximum Gasteiger partial charge on any atom is 0.320 e. The summed E-state index contributed by atoms with van der Waals surface area (Å²) < 4.78 is 33.0. The van der Waals surface area contributed by atoms with Gasteiger partial charge in [-0.05, 0) is 12.1 Å². The van der Waals surface area contributed by atoms with Gasteiger partial charge >= 0.3 is 10.2 Å². The van der Waals surface area contributed by atoms with Crippen molar-refractivity contribution in [3.05, 3.63) is 29.8 Å². The first-order valence-electron chi connectivity index (χ1n) is 4.33. The van der Waals surface area contributed by atoms with Crippen LogP contribution in [0.4, 0.5) is 0 Å². The van der Waals surface area contributed by atoms with E-state index >= 15 is 0 Å². The van der Waals surface area contributed by atoms with E-state index < -0.39 is 10.2 Å². The molecule has 1 N–H and O–H groups in total. The van der Waals surface area contributed by atoms with Crippen LogP contribution in [0.25, 0.3) is 0 Å². The van der Waals surface area contributed by atoms with E-state index in [0.717, 1.165) is 5.56 Å². The third kappa shape index (κ3) is 2.16. The molecule has 1 aromatic rings. The Bertz CT molecular complexity index is 508. The van der Waals surface area contributed by atoms with Crippen LogP contribution in [-0.2, 0) is 10.2 Å². The van der Waals surface area contributed by atoms with Crippen molar-refractivity contribution < 1.29 is 13.2 Å². The van der Waals surface area contributed by atoms with Gasteiger partial charge in [0.25, 0.3) is 0 Å². The molecule has 0 amide bonds. The topological polar surface area (TPSA) is 67.8 Å². The van der Waals surface area contributed by atoms with E-state index in [1.165, 1.54) is 0 Å². The molecule has 80 valence electrons. The fourth-order valence-electron chi connectivity index (χ4n) is 1.33. The van der Waals surface area contributed by atoms with Crippen molar-refractivity contribution in [2.24, 2.45) is 4.40 Å². The van der Waals surface area contributed by atoms with Crippen molar-refractivity contribution >= 4 is 15.9 Å². The highest BCUT2D eigenvalue weighted by atomic mass is 32.2. The third-order valence-corrected chi connectivity index (χ3v) is 3.03. The summed E-state index contributed by atoms with van der Waals surface area (Å²) in [6.07, 6.45) is 0. The van der Waals surface area contributed by atoms with Crippen LogP contribution in [0.3, 0.4) is 0 Å². The summed E-state index contributed by atoms with van der Waals surface area (Å²) in [4.78, 5) is 0. The second-order valence-corrected chi connectivity index (χ2v) is 4.49. The Morgan fingerprint density at radius 2 is 2.27 bits per heavy atom. The Morgan fingerprint density at radius 1 is 1.47 bits per heavy atom. The zero-order valence-corrected chi connectivity index (χ0v) is 8.91. The number of methoxy groups -OCH3 is 1. The number of ether oxygens (including phenoxy) is 1. The lowest BCUT2D eigenvalue weighted by molar-refractivity contribution is 0.414. The van der Waals surface area contributed by atoms with Gasteiger partial charge in [0.05, 0.1) is 19.4 Å². The average molecular weight is 226 g/mol. The smallest absolute Gasteiger partial charge is 0.320 e. The highest BCUT2D eigenvalue weighted by Gasteiger charge is 2.20. The summed E-state index contributed by atoms with van der Waals surface area (Å²) in [5.41, 5.74) is 1.26. The van der Waals surface area contributed by atoms with Gasteiger partial charge in [0.15, 0.2) is 0 Å². The van der Waals surface area contributed by atoms with Crippen molar-refractivity contribution in [2.45, 2.75) is 0 Å². The largest absolute Gasteiger partial charge is 0.497 e. The van der Waals surface area contributed by atoms with Crippen LogP contribution in [0, 0.1) is 0 Å². The van der Waals surface area contributed by atoms with Crippen molar-refractivity contribution in [1.29, 1.82) is 0 Å². The van der Waals surface area contributed by atoms with E-state index in [-0.39, 0.29) is 6.54 Å². The predicted molar refractivity (Wildman–Crippen MR) is 56.5 cm³/mol. The van der Waals surface area contributed by atoms with Crippen LogP contribution < -0.4 is 9.46 Å². The van der Waals surface area contributed by atoms with Crippen LogP contribution in [0.5, 0.6) is 5.75 Å². The molecule has 0 spiro atoms. The van der Waals surface area contributed by atoms with Crippen molar-refractivity contribution in [2.75, 3.05) is 13.7 Å². The minimum atomic E-state index is -3.47. The van der Waals surface area contributed by atoms with Crippen molar-refractivity contribution in [3.8, 4) is 5.75 Å². The number of hydrogen-bond donors (Lipinski definition) is 1. The predicted octanol–water partition coefficient (Wildman–Crippen LogP) is 0.332. The molecule has 0 aliphatic carbocycles. The summed E-state index contributed by atoms with van der Waals surface area (Å²) in [7, 11) is -1.91. The lowest BCUT2D eigenvalue weighted by Crippen LogP contribution is -2.18. The molecule has 1 heterocycles. The highest BCUT2D eigenvalue weighted by Crippen LogP contribution is 2.15. The Balaban J connectivity index is 2.39. The molecule has 2 rings (SSSR count). The molecule has 0 fully saturated rings. The van der Waals surface area contributed by atoms with Gasteiger partial charge in [-0.25, -0.2) is 0 Å². The first-order valence-corrected chi connectivity index (χ1v) is 5.77. The summed E-state index contributed by atoms with van der Waals surface area (Å²) >= 11 is 0. The maximum atomic E-state index is 11.0. The molecule has 1 aromatic carbocycles. The molecule has 5 nitrogen and oxygen atoms in total. The number of nitrogens with zero attached hydrogens (tertiary/aromatic N) is 1. The lowest BCUT2D eigenvalue weighted by atomic mass is 10.1. The van der Waals surface area contributed by atoms with E-state index in [1.807, 2.05) is 0 Å². The standard InChI is InChI=1S/C9H10N2O3S/c1-14-8-4-2-3-7(5-8)9-6-10-15(12,13)11-9/h2-5,10H,6H2,1H3. The highest BCUT2D eigenvalue weighted by molar-refractivity contribution is 7.88. The second kappa shape index (κ2) is 3.63. The maximum absolute atomic E-state index is 11.0. The zero-order valence-electron chi connectivity index (χ0n) is 8.10. The van der Waals surface area contributed by atoms with Gasteiger partial charge in [0.1, 0.15) is 5.75 Å². The summed E-state index contributed by atoms with van der Waals surface area (Å²) in [6, 6.07) is 7.13. The summed E-state index contributed by atoms with van der Waals surface area (Å²) in [5.74, 6) is 0.680. The Hall–Kier alpha value is -1.40. The molecule has 0 unspecified atom stereocenters. The van der Waals surface area contributed by atoms with Crippen LogP contribution in [-0.4, -0.2) is 27.8 Å². The van der Waals surface area contributed by atoms with Crippen LogP contribution in [0.2, 0.25) is 0 Å². The summed E-state index contributed by atoms with van der Waals surface area (Å²) in [6.45, 7) is 0.232. The zero-order chi connectivity index (χ0) is 10.9. The normalized spacial score (nSPS) is 18.6. The van der Waals surface area contributed by atoms with Gasteiger partial charge in [0.2, 0.25) is 0 Å². The average Bonchev–Trinajstić information content (AvgIpc) is 2.59. The van der Waals surface area contributed by atoms with Crippen LogP contribution >= 0.6 is 0 Å². The Morgan fingerprint density at radius 3 is 2.87 bits per heavy atom. The Labute approximate surface area is 88.0 Å². The van der Waals surface area contributed by atoms with E-state index in [0.29, 0.717) is 11.5 Å². The minimum absolute atomic E-state index is 0.232. The minimum Gasteiger partial charge on any atom is -0.497 e. The monoisotopic (exact) mass is 226 g/mol.